The van der Waals surface area contributed by atoms with Crippen LogP contribution < -0.4 is 4.74 Å². The molecule has 0 amide bonds. The third kappa shape index (κ3) is 3.32. The monoisotopic (exact) mass is 291 g/mol. The Morgan fingerprint density at radius 1 is 0.909 bits per heavy atom. The lowest BCUT2D eigenvalue weighted by atomic mass is 10.0. The zero-order chi connectivity index (χ0) is 15.2. The van der Waals surface area contributed by atoms with E-state index < -0.39 is 0 Å². The molecule has 110 valence electrons. The number of aromatic nitrogens is 1. The smallest absolute Gasteiger partial charge is 0.119 e. The minimum atomic E-state index is -0.0184. The van der Waals surface area contributed by atoms with E-state index in [-0.39, 0.29) is 6.61 Å². The lowest BCUT2D eigenvalue weighted by Crippen LogP contribution is -1.95. The van der Waals surface area contributed by atoms with Gasteiger partial charge < -0.3 is 9.84 Å². The van der Waals surface area contributed by atoms with Gasteiger partial charge >= 0.3 is 0 Å². The molecule has 0 fully saturated rings. The van der Waals surface area contributed by atoms with Crippen molar-refractivity contribution < 1.29 is 9.84 Å². The Morgan fingerprint density at radius 2 is 1.68 bits per heavy atom. The fourth-order valence-corrected chi connectivity index (χ4v) is 2.31. The van der Waals surface area contributed by atoms with Crippen LogP contribution in [-0.2, 0) is 13.2 Å². The van der Waals surface area contributed by atoms with Crippen molar-refractivity contribution in [3.05, 3.63) is 84.2 Å². The summed E-state index contributed by atoms with van der Waals surface area (Å²) in [6.45, 7) is 0.534. The fourth-order valence-electron chi connectivity index (χ4n) is 2.31. The summed E-state index contributed by atoms with van der Waals surface area (Å²) in [6, 6.07) is 19.9. The normalized spacial score (nSPS) is 10.4. The van der Waals surface area contributed by atoms with Crippen LogP contribution in [0.2, 0.25) is 0 Å². The second-order valence-corrected chi connectivity index (χ2v) is 4.99. The van der Waals surface area contributed by atoms with Gasteiger partial charge in [0.2, 0.25) is 0 Å². The zero-order valence-electron chi connectivity index (χ0n) is 12.1. The van der Waals surface area contributed by atoms with Gasteiger partial charge in [-0.05, 0) is 34.9 Å². The van der Waals surface area contributed by atoms with E-state index >= 15 is 0 Å². The van der Waals surface area contributed by atoms with E-state index in [0.29, 0.717) is 6.61 Å². The highest BCUT2D eigenvalue weighted by Gasteiger charge is 2.04. The predicted octanol–water partition coefficient (Wildman–Crippen LogP) is 3.82. The van der Waals surface area contributed by atoms with Crippen LogP contribution in [-0.4, -0.2) is 10.1 Å². The molecule has 2 aromatic carbocycles. The molecular formula is C19H17NO2. The minimum Gasteiger partial charge on any atom is -0.489 e. The summed E-state index contributed by atoms with van der Waals surface area (Å²) in [5, 5.41) is 9.38. The number of ether oxygens (including phenoxy) is 1. The van der Waals surface area contributed by atoms with Gasteiger partial charge in [-0.3, -0.25) is 4.98 Å². The third-order valence-corrected chi connectivity index (χ3v) is 3.49. The number of benzene rings is 2. The molecule has 0 aliphatic rings. The van der Waals surface area contributed by atoms with Crippen LogP contribution in [0.15, 0.2) is 73.1 Å². The van der Waals surface area contributed by atoms with Crippen LogP contribution in [0.5, 0.6) is 5.75 Å². The maximum absolute atomic E-state index is 9.38. The molecule has 3 nitrogen and oxygen atoms in total. The summed E-state index contributed by atoms with van der Waals surface area (Å²) in [5.74, 6) is 0.826. The van der Waals surface area contributed by atoms with Gasteiger partial charge in [-0.25, -0.2) is 0 Å². The molecule has 22 heavy (non-hydrogen) atoms. The second kappa shape index (κ2) is 6.87. The molecule has 3 heteroatoms. The first-order valence-corrected chi connectivity index (χ1v) is 7.18. The fraction of sp³-hybridized carbons (Fsp3) is 0.105. The van der Waals surface area contributed by atoms with Crippen LogP contribution in [0, 0.1) is 0 Å². The van der Waals surface area contributed by atoms with Crippen molar-refractivity contribution in [1.82, 2.24) is 4.98 Å². The van der Waals surface area contributed by atoms with E-state index in [2.05, 4.69) is 4.98 Å². The van der Waals surface area contributed by atoms with E-state index in [4.69, 9.17) is 4.74 Å². The Bertz CT molecular complexity index is 724. The quantitative estimate of drug-likeness (QED) is 0.777. The molecule has 0 atom stereocenters. The molecule has 3 rings (SSSR count). The number of nitrogens with zero attached hydrogens (tertiary/aromatic N) is 1. The average Bonchev–Trinajstić information content (AvgIpc) is 2.61. The Balaban J connectivity index is 1.73. The zero-order valence-corrected chi connectivity index (χ0v) is 12.1. The van der Waals surface area contributed by atoms with E-state index in [1.807, 2.05) is 60.7 Å². The highest BCUT2D eigenvalue weighted by atomic mass is 16.5. The molecule has 0 unspecified atom stereocenters. The number of hydrogen-bond donors (Lipinski definition) is 1. The van der Waals surface area contributed by atoms with Gasteiger partial charge in [0.15, 0.2) is 0 Å². The first-order chi connectivity index (χ1) is 10.9. The second-order valence-electron chi connectivity index (χ2n) is 4.99. The third-order valence-electron chi connectivity index (χ3n) is 3.49. The molecular weight excluding hydrogens is 274 g/mol. The Hall–Kier alpha value is -2.65. The first-order valence-electron chi connectivity index (χ1n) is 7.18. The molecule has 3 aromatic rings. The number of hydrogen-bond acceptors (Lipinski definition) is 3. The van der Waals surface area contributed by atoms with Crippen molar-refractivity contribution >= 4 is 0 Å². The summed E-state index contributed by atoms with van der Waals surface area (Å²) >= 11 is 0. The Morgan fingerprint density at radius 3 is 2.41 bits per heavy atom. The summed E-state index contributed by atoms with van der Waals surface area (Å²) in [4.78, 5) is 4.04. The largest absolute Gasteiger partial charge is 0.489 e. The highest BCUT2D eigenvalue weighted by molar-refractivity contribution is 5.67. The molecule has 0 radical (unpaired) electrons. The average molecular weight is 291 g/mol. The van der Waals surface area contributed by atoms with Crippen molar-refractivity contribution in [3.8, 4) is 16.9 Å². The van der Waals surface area contributed by atoms with E-state index in [0.717, 1.165) is 28.0 Å². The summed E-state index contributed by atoms with van der Waals surface area (Å²) < 4.78 is 5.78. The predicted molar refractivity (Wildman–Crippen MR) is 86.4 cm³/mol. The van der Waals surface area contributed by atoms with Gasteiger partial charge in [0.25, 0.3) is 0 Å². The lowest BCUT2D eigenvalue weighted by molar-refractivity contribution is 0.282. The molecule has 1 N–H and O–H groups in total. The van der Waals surface area contributed by atoms with Gasteiger partial charge in [-0.2, -0.15) is 0 Å². The van der Waals surface area contributed by atoms with Crippen molar-refractivity contribution in [2.45, 2.75) is 13.2 Å². The number of rotatable bonds is 5. The van der Waals surface area contributed by atoms with Crippen LogP contribution in [0.4, 0.5) is 0 Å². The van der Waals surface area contributed by atoms with Gasteiger partial charge in [-0.15, -0.1) is 0 Å². The molecule has 1 aromatic heterocycles. The first kappa shape index (κ1) is 14.3. The molecule has 0 aliphatic carbocycles. The maximum atomic E-state index is 9.38. The molecule has 0 saturated heterocycles. The molecule has 0 bridgehead atoms. The maximum Gasteiger partial charge on any atom is 0.119 e. The number of pyridine rings is 1. The molecule has 0 aliphatic heterocycles. The SMILES string of the molecule is OCc1cnccc1-c1ccc(OCc2ccccc2)cc1. The van der Waals surface area contributed by atoms with Gasteiger partial charge in [0, 0.05) is 18.0 Å². The Kier molecular flexibility index (Phi) is 4.47. The van der Waals surface area contributed by atoms with Gasteiger partial charge in [-0.1, -0.05) is 42.5 Å². The van der Waals surface area contributed by atoms with E-state index in [1.54, 1.807) is 12.4 Å². The summed E-state index contributed by atoms with van der Waals surface area (Å²) in [7, 11) is 0. The molecule has 0 saturated carbocycles. The molecule has 0 spiro atoms. The standard InChI is InChI=1S/C19H17NO2/c21-13-17-12-20-11-10-19(17)16-6-8-18(9-7-16)22-14-15-4-2-1-3-5-15/h1-12,21H,13-14H2. The van der Waals surface area contributed by atoms with Crippen LogP contribution in [0.25, 0.3) is 11.1 Å². The van der Waals surface area contributed by atoms with Crippen molar-refractivity contribution in [2.75, 3.05) is 0 Å². The topological polar surface area (TPSA) is 42.4 Å². The number of aliphatic hydroxyl groups is 1. The number of aliphatic hydroxyl groups excluding tert-OH is 1. The van der Waals surface area contributed by atoms with Crippen LogP contribution in [0.1, 0.15) is 11.1 Å². The minimum absolute atomic E-state index is 0.0184. The van der Waals surface area contributed by atoms with E-state index in [1.165, 1.54) is 0 Å². The summed E-state index contributed by atoms with van der Waals surface area (Å²) in [6.07, 6.45) is 3.42. The van der Waals surface area contributed by atoms with Gasteiger partial charge in [0.1, 0.15) is 12.4 Å². The van der Waals surface area contributed by atoms with E-state index in [9.17, 15) is 5.11 Å². The van der Waals surface area contributed by atoms with Gasteiger partial charge in [0.05, 0.1) is 6.61 Å². The Labute approximate surface area is 129 Å². The highest BCUT2D eigenvalue weighted by Crippen LogP contribution is 2.25. The summed E-state index contributed by atoms with van der Waals surface area (Å²) in [5.41, 5.74) is 3.99. The van der Waals surface area contributed by atoms with Crippen molar-refractivity contribution in [2.24, 2.45) is 0 Å². The molecule has 1 heterocycles. The van der Waals surface area contributed by atoms with Crippen LogP contribution in [0.3, 0.4) is 0 Å². The lowest BCUT2D eigenvalue weighted by Gasteiger charge is -2.09. The van der Waals surface area contributed by atoms with Crippen LogP contribution >= 0.6 is 0 Å². The van der Waals surface area contributed by atoms with Crippen molar-refractivity contribution in [3.63, 3.8) is 0 Å². The van der Waals surface area contributed by atoms with Crippen molar-refractivity contribution in [1.29, 1.82) is 0 Å².